The van der Waals surface area contributed by atoms with Crippen molar-refractivity contribution in [3.63, 3.8) is 0 Å². The van der Waals surface area contributed by atoms with Crippen LogP contribution in [0.1, 0.15) is 27.4 Å². The number of anilines is 1. The molecule has 0 spiro atoms. The predicted molar refractivity (Wildman–Crippen MR) is 100 cm³/mol. The highest BCUT2D eigenvalue weighted by Gasteiger charge is 2.13. The Morgan fingerprint density at radius 2 is 1.85 bits per heavy atom. The number of amides is 1. The lowest BCUT2D eigenvalue weighted by Gasteiger charge is -2.09. The zero-order valence-electron chi connectivity index (χ0n) is 14.9. The second kappa shape index (κ2) is 7.74. The predicted octanol–water partition coefficient (Wildman–Crippen LogP) is 4.64. The summed E-state index contributed by atoms with van der Waals surface area (Å²) in [7, 11) is 0. The zero-order chi connectivity index (χ0) is 19.4. The summed E-state index contributed by atoms with van der Waals surface area (Å²) in [5.74, 6) is 0.779. The van der Waals surface area contributed by atoms with Crippen LogP contribution in [0.5, 0.6) is 5.75 Å². The molecule has 0 atom stereocenters. The van der Waals surface area contributed by atoms with Crippen LogP contribution in [-0.4, -0.2) is 10.8 Å². The molecule has 0 radical (unpaired) electrons. The van der Waals surface area contributed by atoms with E-state index in [1.165, 1.54) is 24.3 Å². The second-order valence-electron chi connectivity index (χ2n) is 6.01. The monoisotopic (exact) mass is 366 g/mol. The zero-order valence-corrected chi connectivity index (χ0v) is 14.9. The molecule has 1 aromatic heterocycles. The summed E-state index contributed by atoms with van der Waals surface area (Å²) in [6, 6.07) is 14.7. The van der Waals surface area contributed by atoms with Crippen LogP contribution in [0.15, 0.2) is 59.0 Å². The highest BCUT2D eigenvalue weighted by Crippen LogP contribution is 2.21. The number of aryl methyl sites for hydroxylation is 1. The number of non-ortho nitro benzene ring substituents is 1. The molecule has 7 nitrogen and oxygen atoms in total. The number of nitro benzene ring substituents is 1. The number of nitrogens with zero attached hydrogens (tertiary/aromatic N) is 1. The van der Waals surface area contributed by atoms with Crippen LogP contribution >= 0.6 is 0 Å². The SMILES string of the molecule is Cc1cccc(NC(=O)c2ccc(COc3ccc([N+](=O)[O-])cc3)o2)c1C. The van der Waals surface area contributed by atoms with Gasteiger partial charge in [0.15, 0.2) is 5.76 Å². The van der Waals surface area contributed by atoms with Gasteiger partial charge in [0, 0.05) is 17.8 Å². The third kappa shape index (κ3) is 4.33. The summed E-state index contributed by atoms with van der Waals surface area (Å²) < 4.78 is 11.1. The van der Waals surface area contributed by atoms with Crippen molar-refractivity contribution in [2.75, 3.05) is 5.32 Å². The van der Waals surface area contributed by atoms with E-state index in [0.29, 0.717) is 11.5 Å². The molecule has 0 bridgehead atoms. The summed E-state index contributed by atoms with van der Waals surface area (Å²) in [6.45, 7) is 4.02. The number of carbonyl (C=O) groups excluding carboxylic acids is 1. The van der Waals surface area contributed by atoms with E-state index in [1.54, 1.807) is 12.1 Å². The van der Waals surface area contributed by atoms with Gasteiger partial charge in [-0.3, -0.25) is 14.9 Å². The van der Waals surface area contributed by atoms with Crippen LogP contribution in [0.2, 0.25) is 0 Å². The number of nitro groups is 1. The van der Waals surface area contributed by atoms with Crippen molar-refractivity contribution in [2.24, 2.45) is 0 Å². The third-order valence-electron chi connectivity index (χ3n) is 4.17. The van der Waals surface area contributed by atoms with Crippen molar-refractivity contribution >= 4 is 17.3 Å². The van der Waals surface area contributed by atoms with Gasteiger partial charge >= 0.3 is 0 Å². The lowest BCUT2D eigenvalue weighted by atomic mass is 10.1. The Kier molecular flexibility index (Phi) is 5.21. The molecule has 0 aliphatic rings. The van der Waals surface area contributed by atoms with Crippen molar-refractivity contribution in [2.45, 2.75) is 20.5 Å². The van der Waals surface area contributed by atoms with Gasteiger partial charge in [-0.25, -0.2) is 0 Å². The molecule has 27 heavy (non-hydrogen) atoms. The van der Waals surface area contributed by atoms with Gasteiger partial charge in [-0.1, -0.05) is 12.1 Å². The van der Waals surface area contributed by atoms with Gasteiger partial charge in [0.25, 0.3) is 11.6 Å². The molecule has 0 saturated carbocycles. The fraction of sp³-hybridized carbons (Fsp3) is 0.150. The van der Waals surface area contributed by atoms with Crippen molar-refractivity contribution < 1.29 is 18.9 Å². The van der Waals surface area contributed by atoms with Crippen molar-refractivity contribution in [1.82, 2.24) is 0 Å². The van der Waals surface area contributed by atoms with Crippen LogP contribution in [0, 0.1) is 24.0 Å². The Balaban J connectivity index is 1.61. The third-order valence-corrected chi connectivity index (χ3v) is 4.17. The number of nitrogens with one attached hydrogen (secondary N) is 1. The fourth-order valence-electron chi connectivity index (χ4n) is 2.47. The van der Waals surface area contributed by atoms with Gasteiger partial charge in [0.05, 0.1) is 4.92 Å². The van der Waals surface area contributed by atoms with Crippen LogP contribution in [-0.2, 0) is 6.61 Å². The molecule has 1 amide bonds. The van der Waals surface area contributed by atoms with E-state index in [2.05, 4.69) is 5.32 Å². The molecule has 1 N–H and O–H groups in total. The molecule has 7 heteroatoms. The molecule has 0 fully saturated rings. The maximum atomic E-state index is 12.4. The summed E-state index contributed by atoms with van der Waals surface area (Å²) >= 11 is 0. The van der Waals surface area contributed by atoms with E-state index in [4.69, 9.17) is 9.15 Å². The standard InChI is InChI=1S/C20H18N2O5/c1-13-4-3-5-18(14(13)2)21-20(23)19-11-10-17(27-19)12-26-16-8-6-15(7-9-16)22(24)25/h3-11H,12H2,1-2H3,(H,21,23). The van der Waals surface area contributed by atoms with Crippen LogP contribution in [0.25, 0.3) is 0 Å². The summed E-state index contributed by atoms with van der Waals surface area (Å²) in [6.07, 6.45) is 0. The first kappa shape index (κ1) is 18.2. The average Bonchev–Trinajstić information content (AvgIpc) is 3.13. The van der Waals surface area contributed by atoms with Gasteiger partial charge in [-0.05, 0) is 55.3 Å². The molecule has 2 aromatic carbocycles. The number of furan rings is 1. The maximum Gasteiger partial charge on any atom is 0.291 e. The Hall–Kier alpha value is -3.61. The minimum Gasteiger partial charge on any atom is -0.486 e. The topological polar surface area (TPSA) is 94.6 Å². The average molecular weight is 366 g/mol. The summed E-state index contributed by atoms with van der Waals surface area (Å²) in [4.78, 5) is 22.5. The number of ether oxygens (including phenoxy) is 1. The number of carbonyl (C=O) groups is 1. The lowest BCUT2D eigenvalue weighted by Crippen LogP contribution is -2.12. The summed E-state index contributed by atoms with van der Waals surface area (Å²) in [5, 5.41) is 13.5. The maximum absolute atomic E-state index is 12.4. The Labute approximate surface area is 155 Å². The molecule has 1 heterocycles. The van der Waals surface area contributed by atoms with Crippen molar-refractivity contribution in [3.8, 4) is 5.75 Å². The first-order chi connectivity index (χ1) is 12.9. The molecular formula is C20H18N2O5. The number of hydrogen-bond donors (Lipinski definition) is 1. The van der Waals surface area contributed by atoms with Crippen LogP contribution < -0.4 is 10.1 Å². The van der Waals surface area contributed by atoms with Gasteiger partial charge in [0.2, 0.25) is 0 Å². The first-order valence-electron chi connectivity index (χ1n) is 8.27. The lowest BCUT2D eigenvalue weighted by molar-refractivity contribution is -0.384. The molecular weight excluding hydrogens is 348 g/mol. The van der Waals surface area contributed by atoms with Gasteiger partial charge in [-0.15, -0.1) is 0 Å². The minimum absolute atomic E-state index is 0.00857. The van der Waals surface area contributed by atoms with Gasteiger partial charge < -0.3 is 14.5 Å². The normalized spacial score (nSPS) is 10.4. The first-order valence-corrected chi connectivity index (χ1v) is 8.27. The van der Waals surface area contributed by atoms with E-state index in [9.17, 15) is 14.9 Å². The largest absolute Gasteiger partial charge is 0.486 e. The highest BCUT2D eigenvalue weighted by atomic mass is 16.6. The Morgan fingerprint density at radius 3 is 2.56 bits per heavy atom. The molecule has 0 saturated heterocycles. The van der Waals surface area contributed by atoms with E-state index >= 15 is 0 Å². The van der Waals surface area contributed by atoms with Gasteiger partial charge in [0.1, 0.15) is 18.1 Å². The number of rotatable bonds is 6. The van der Waals surface area contributed by atoms with E-state index in [0.717, 1.165) is 16.8 Å². The Bertz CT molecular complexity index is 976. The van der Waals surface area contributed by atoms with Crippen molar-refractivity contribution in [3.05, 3.63) is 87.4 Å². The summed E-state index contributed by atoms with van der Waals surface area (Å²) in [5.41, 5.74) is 2.81. The molecule has 0 aliphatic carbocycles. The molecule has 3 aromatic rings. The Morgan fingerprint density at radius 1 is 1.11 bits per heavy atom. The van der Waals surface area contributed by atoms with E-state index < -0.39 is 4.92 Å². The van der Waals surface area contributed by atoms with Crippen molar-refractivity contribution in [1.29, 1.82) is 0 Å². The highest BCUT2D eigenvalue weighted by molar-refractivity contribution is 6.02. The van der Waals surface area contributed by atoms with E-state index in [-0.39, 0.29) is 24.0 Å². The fourth-order valence-corrected chi connectivity index (χ4v) is 2.47. The number of benzene rings is 2. The smallest absolute Gasteiger partial charge is 0.291 e. The van der Waals surface area contributed by atoms with Crippen LogP contribution in [0.3, 0.4) is 0 Å². The van der Waals surface area contributed by atoms with Gasteiger partial charge in [-0.2, -0.15) is 0 Å². The molecule has 138 valence electrons. The molecule has 0 aliphatic heterocycles. The quantitative estimate of drug-likeness (QED) is 0.507. The number of hydrogen-bond acceptors (Lipinski definition) is 5. The van der Waals surface area contributed by atoms with E-state index in [1.807, 2.05) is 32.0 Å². The second-order valence-corrected chi connectivity index (χ2v) is 6.01. The molecule has 0 unspecified atom stereocenters. The van der Waals surface area contributed by atoms with Crippen LogP contribution in [0.4, 0.5) is 11.4 Å². The minimum atomic E-state index is -0.475. The molecule has 3 rings (SSSR count).